The van der Waals surface area contributed by atoms with Crippen LogP contribution in [0.1, 0.15) is 33.1 Å². The number of piperidine rings is 1. The quantitative estimate of drug-likeness (QED) is 0.567. The van der Waals surface area contributed by atoms with E-state index in [2.05, 4.69) is 16.0 Å². The second-order valence-corrected chi connectivity index (χ2v) is 5.03. The summed E-state index contributed by atoms with van der Waals surface area (Å²) >= 11 is 0. The fourth-order valence-electron chi connectivity index (χ4n) is 1.75. The molecular formula is C12H21N3O4. The van der Waals surface area contributed by atoms with E-state index in [1.54, 1.807) is 13.8 Å². The second kappa shape index (κ2) is 6.40. The Morgan fingerprint density at radius 1 is 1.53 bits per heavy atom. The molecule has 0 radical (unpaired) electrons. The van der Waals surface area contributed by atoms with Gasteiger partial charge in [0.1, 0.15) is 6.04 Å². The van der Waals surface area contributed by atoms with Crippen LogP contribution in [0.5, 0.6) is 0 Å². The molecule has 2 unspecified atom stereocenters. The lowest BCUT2D eigenvalue weighted by Gasteiger charge is -2.26. The second-order valence-electron chi connectivity index (χ2n) is 5.03. The molecule has 0 aromatic rings. The molecule has 1 rings (SSSR count). The lowest BCUT2D eigenvalue weighted by atomic mass is 9.88. The highest BCUT2D eigenvalue weighted by atomic mass is 16.4. The van der Waals surface area contributed by atoms with Crippen LogP contribution in [0.4, 0.5) is 4.79 Å². The fourth-order valence-corrected chi connectivity index (χ4v) is 1.75. The van der Waals surface area contributed by atoms with Crippen LogP contribution in [0.2, 0.25) is 0 Å². The summed E-state index contributed by atoms with van der Waals surface area (Å²) in [4.78, 5) is 34.2. The van der Waals surface area contributed by atoms with E-state index in [4.69, 9.17) is 5.11 Å². The van der Waals surface area contributed by atoms with Gasteiger partial charge in [0.2, 0.25) is 5.91 Å². The molecule has 0 spiro atoms. The van der Waals surface area contributed by atoms with Gasteiger partial charge < -0.3 is 21.1 Å². The summed E-state index contributed by atoms with van der Waals surface area (Å²) in [6.07, 6.45) is 1.83. The van der Waals surface area contributed by atoms with E-state index in [0.717, 1.165) is 6.42 Å². The minimum Gasteiger partial charge on any atom is -0.481 e. The van der Waals surface area contributed by atoms with Crippen LogP contribution >= 0.6 is 0 Å². The number of carboxylic acid groups (broad SMARTS) is 1. The number of aliphatic carboxylic acids is 1. The van der Waals surface area contributed by atoms with Gasteiger partial charge >= 0.3 is 12.0 Å². The zero-order valence-corrected chi connectivity index (χ0v) is 11.3. The maximum Gasteiger partial charge on any atom is 0.315 e. The summed E-state index contributed by atoms with van der Waals surface area (Å²) in [5, 5.41) is 16.8. The molecule has 1 fully saturated rings. The number of carbonyl (C=O) groups excluding carboxylic acids is 2. The average Bonchev–Trinajstić information content (AvgIpc) is 2.38. The Morgan fingerprint density at radius 2 is 2.21 bits per heavy atom. The van der Waals surface area contributed by atoms with Gasteiger partial charge in [-0.15, -0.1) is 0 Å². The highest BCUT2D eigenvalue weighted by molar-refractivity contribution is 5.87. The summed E-state index contributed by atoms with van der Waals surface area (Å²) < 4.78 is 0. The molecule has 1 aliphatic heterocycles. The Bertz CT molecular complexity index is 372. The van der Waals surface area contributed by atoms with Crippen molar-refractivity contribution in [2.45, 2.75) is 39.2 Å². The third-order valence-corrected chi connectivity index (χ3v) is 3.53. The highest BCUT2D eigenvalue weighted by Gasteiger charge is 2.32. The monoisotopic (exact) mass is 271 g/mol. The molecule has 1 saturated heterocycles. The lowest BCUT2D eigenvalue weighted by molar-refractivity contribution is -0.147. The molecule has 4 N–H and O–H groups in total. The lowest BCUT2D eigenvalue weighted by Crippen LogP contribution is -2.54. The van der Waals surface area contributed by atoms with Crippen molar-refractivity contribution in [1.29, 1.82) is 0 Å². The van der Waals surface area contributed by atoms with E-state index < -0.39 is 23.5 Å². The van der Waals surface area contributed by atoms with Crippen LogP contribution in [0.3, 0.4) is 0 Å². The largest absolute Gasteiger partial charge is 0.481 e. The Hall–Kier alpha value is -1.79. The van der Waals surface area contributed by atoms with Gasteiger partial charge in [0.05, 0.1) is 5.41 Å². The van der Waals surface area contributed by atoms with Gasteiger partial charge in [-0.05, 0) is 26.2 Å². The number of carbonyl (C=O) groups is 3. The van der Waals surface area contributed by atoms with Crippen LogP contribution in [0.25, 0.3) is 0 Å². The maximum absolute atomic E-state index is 11.6. The molecular weight excluding hydrogens is 250 g/mol. The SMILES string of the molecule is CCC(C)(CNC(=O)NC1CCCNC1=O)C(=O)O. The van der Waals surface area contributed by atoms with Crippen LogP contribution in [0.15, 0.2) is 0 Å². The van der Waals surface area contributed by atoms with Crippen molar-refractivity contribution in [3.63, 3.8) is 0 Å². The van der Waals surface area contributed by atoms with Crippen molar-refractivity contribution in [2.75, 3.05) is 13.1 Å². The predicted octanol–water partition coefficient (Wildman–Crippen LogP) is 0.0651. The van der Waals surface area contributed by atoms with Crippen LogP contribution < -0.4 is 16.0 Å². The van der Waals surface area contributed by atoms with Gasteiger partial charge in [-0.1, -0.05) is 6.92 Å². The standard InChI is InChI=1S/C12H21N3O4/c1-3-12(2,10(17)18)7-14-11(19)15-8-5-4-6-13-9(8)16/h8H,3-7H2,1-2H3,(H,13,16)(H,17,18)(H2,14,15,19). The van der Waals surface area contributed by atoms with Crippen LogP contribution in [-0.4, -0.2) is 42.1 Å². The third kappa shape index (κ3) is 4.11. The van der Waals surface area contributed by atoms with Crippen molar-refractivity contribution >= 4 is 17.9 Å². The number of urea groups is 1. The summed E-state index contributed by atoms with van der Waals surface area (Å²) in [6, 6.07) is -1.05. The Morgan fingerprint density at radius 3 is 2.74 bits per heavy atom. The first-order chi connectivity index (χ1) is 8.89. The first kappa shape index (κ1) is 15.3. The molecule has 0 aromatic heterocycles. The molecule has 1 heterocycles. The number of hydrogen-bond donors (Lipinski definition) is 4. The zero-order chi connectivity index (χ0) is 14.5. The van der Waals surface area contributed by atoms with Crippen molar-refractivity contribution in [2.24, 2.45) is 5.41 Å². The van der Waals surface area contributed by atoms with Crippen molar-refractivity contribution < 1.29 is 19.5 Å². The molecule has 19 heavy (non-hydrogen) atoms. The molecule has 108 valence electrons. The smallest absolute Gasteiger partial charge is 0.315 e. The molecule has 7 nitrogen and oxygen atoms in total. The highest BCUT2D eigenvalue weighted by Crippen LogP contribution is 2.19. The average molecular weight is 271 g/mol. The molecule has 3 amide bonds. The van der Waals surface area contributed by atoms with Gasteiger partial charge in [0.15, 0.2) is 0 Å². The molecule has 0 aromatic carbocycles. The van der Waals surface area contributed by atoms with Gasteiger partial charge in [-0.3, -0.25) is 9.59 Å². The maximum atomic E-state index is 11.6. The summed E-state index contributed by atoms with van der Waals surface area (Å²) in [7, 11) is 0. The van der Waals surface area contributed by atoms with E-state index in [1.807, 2.05) is 0 Å². The topological polar surface area (TPSA) is 108 Å². The molecule has 0 saturated carbocycles. The van der Waals surface area contributed by atoms with Crippen molar-refractivity contribution in [1.82, 2.24) is 16.0 Å². The number of nitrogens with one attached hydrogen (secondary N) is 3. The third-order valence-electron chi connectivity index (χ3n) is 3.53. The minimum atomic E-state index is -0.994. The number of amides is 3. The first-order valence-corrected chi connectivity index (χ1v) is 6.44. The first-order valence-electron chi connectivity index (χ1n) is 6.44. The Kier molecular flexibility index (Phi) is 5.14. The predicted molar refractivity (Wildman–Crippen MR) is 68.6 cm³/mol. The zero-order valence-electron chi connectivity index (χ0n) is 11.3. The van der Waals surface area contributed by atoms with E-state index in [0.29, 0.717) is 19.4 Å². The molecule has 2 atom stereocenters. The Labute approximate surface area is 112 Å². The van der Waals surface area contributed by atoms with Crippen molar-refractivity contribution in [3.05, 3.63) is 0 Å². The van der Waals surface area contributed by atoms with E-state index in [1.165, 1.54) is 0 Å². The van der Waals surface area contributed by atoms with Crippen LogP contribution in [0, 0.1) is 5.41 Å². The summed E-state index contributed by atoms with van der Waals surface area (Å²) in [5.74, 6) is -1.15. The minimum absolute atomic E-state index is 0.0268. The molecule has 1 aliphatic rings. The van der Waals surface area contributed by atoms with Crippen LogP contribution in [-0.2, 0) is 9.59 Å². The van der Waals surface area contributed by atoms with Gasteiger partial charge in [-0.25, -0.2) is 4.79 Å². The molecule has 0 aliphatic carbocycles. The number of carboxylic acids is 1. The number of rotatable bonds is 5. The number of hydrogen-bond acceptors (Lipinski definition) is 3. The summed E-state index contributed by atoms with van der Waals surface area (Å²) in [5.41, 5.74) is -0.994. The van der Waals surface area contributed by atoms with Crippen molar-refractivity contribution in [3.8, 4) is 0 Å². The molecule has 0 bridgehead atoms. The van der Waals surface area contributed by atoms with Gasteiger partial charge in [-0.2, -0.15) is 0 Å². The van der Waals surface area contributed by atoms with E-state index in [-0.39, 0.29) is 12.5 Å². The molecule has 7 heteroatoms. The summed E-state index contributed by atoms with van der Waals surface area (Å²) in [6.45, 7) is 3.98. The normalized spacial score (nSPS) is 22.0. The fraction of sp³-hybridized carbons (Fsp3) is 0.750. The van der Waals surface area contributed by atoms with Gasteiger partial charge in [0.25, 0.3) is 0 Å². The van der Waals surface area contributed by atoms with E-state index >= 15 is 0 Å². The van der Waals surface area contributed by atoms with Gasteiger partial charge in [0, 0.05) is 13.1 Å². The Balaban J connectivity index is 2.43. The van der Waals surface area contributed by atoms with E-state index in [9.17, 15) is 14.4 Å².